The molecule has 0 heterocycles. The van der Waals surface area contributed by atoms with Gasteiger partial charge in [-0.2, -0.15) is 5.10 Å². The molecule has 2 aromatic carbocycles. The van der Waals surface area contributed by atoms with Crippen LogP contribution in [-0.2, 0) is 14.4 Å². The summed E-state index contributed by atoms with van der Waals surface area (Å²) < 4.78 is 11.3. The Balaban J connectivity index is 1.97. The predicted octanol–water partition coefficient (Wildman–Crippen LogP) is 2.94. The van der Waals surface area contributed by atoms with Crippen LogP contribution >= 0.6 is 0 Å². The van der Waals surface area contributed by atoms with Crippen molar-refractivity contribution >= 4 is 29.6 Å². The SMILES string of the molecule is CCOc1cc(/C=N\NC(=O)C(=O)NCC(C)C)ccc1OCC(=O)Nc1cc(C)ccc1C. The fourth-order valence-corrected chi connectivity index (χ4v) is 2.79. The first-order chi connectivity index (χ1) is 16.2. The van der Waals surface area contributed by atoms with E-state index in [0.717, 1.165) is 16.8 Å². The van der Waals surface area contributed by atoms with Crippen LogP contribution < -0.4 is 25.5 Å². The summed E-state index contributed by atoms with van der Waals surface area (Å²) in [6, 6.07) is 10.8. The highest BCUT2D eigenvalue weighted by Crippen LogP contribution is 2.28. The molecule has 0 spiro atoms. The summed E-state index contributed by atoms with van der Waals surface area (Å²) in [7, 11) is 0. The molecule has 2 aromatic rings. The maximum Gasteiger partial charge on any atom is 0.329 e. The van der Waals surface area contributed by atoms with E-state index in [2.05, 4.69) is 21.2 Å². The van der Waals surface area contributed by atoms with Gasteiger partial charge in [0.25, 0.3) is 5.91 Å². The van der Waals surface area contributed by atoms with Gasteiger partial charge in [-0.15, -0.1) is 0 Å². The van der Waals surface area contributed by atoms with Crippen molar-refractivity contribution in [2.45, 2.75) is 34.6 Å². The summed E-state index contributed by atoms with van der Waals surface area (Å²) in [5.41, 5.74) is 5.54. The van der Waals surface area contributed by atoms with Gasteiger partial charge in [0.1, 0.15) is 0 Å². The first-order valence-corrected chi connectivity index (χ1v) is 11.1. The third kappa shape index (κ3) is 8.57. The zero-order valence-electron chi connectivity index (χ0n) is 20.2. The number of anilines is 1. The molecule has 0 aliphatic rings. The van der Waals surface area contributed by atoms with Crippen molar-refractivity contribution in [3.63, 3.8) is 0 Å². The minimum Gasteiger partial charge on any atom is -0.490 e. The van der Waals surface area contributed by atoms with Crippen molar-refractivity contribution in [1.82, 2.24) is 10.7 Å². The highest BCUT2D eigenvalue weighted by molar-refractivity contribution is 6.35. The van der Waals surface area contributed by atoms with Crippen LogP contribution in [0.1, 0.15) is 37.5 Å². The topological polar surface area (TPSA) is 118 Å². The van der Waals surface area contributed by atoms with Crippen molar-refractivity contribution in [3.8, 4) is 11.5 Å². The average Bonchev–Trinajstić information content (AvgIpc) is 2.79. The molecule has 0 aromatic heterocycles. The van der Waals surface area contributed by atoms with Gasteiger partial charge in [0.05, 0.1) is 12.8 Å². The smallest absolute Gasteiger partial charge is 0.329 e. The molecule has 0 saturated carbocycles. The molecule has 0 fully saturated rings. The number of hydrogen-bond donors (Lipinski definition) is 3. The van der Waals surface area contributed by atoms with Crippen molar-refractivity contribution < 1.29 is 23.9 Å². The van der Waals surface area contributed by atoms with Gasteiger partial charge in [-0.3, -0.25) is 14.4 Å². The first-order valence-electron chi connectivity index (χ1n) is 11.1. The van der Waals surface area contributed by atoms with Crippen LogP contribution in [0.25, 0.3) is 0 Å². The van der Waals surface area contributed by atoms with E-state index in [9.17, 15) is 14.4 Å². The highest BCUT2D eigenvalue weighted by Gasteiger charge is 2.13. The molecule has 3 amide bonds. The lowest BCUT2D eigenvalue weighted by Crippen LogP contribution is -2.39. The molecule has 0 aliphatic heterocycles. The molecule has 0 atom stereocenters. The second-order valence-corrected chi connectivity index (χ2v) is 8.10. The second kappa shape index (κ2) is 13.0. The molecule has 0 bridgehead atoms. The summed E-state index contributed by atoms with van der Waals surface area (Å²) >= 11 is 0. The van der Waals surface area contributed by atoms with Crippen molar-refractivity contribution in [1.29, 1.82) is 0 Å². The minimum absolute atomic E-state index is 0.192. The van der Waals surface area contributed by atoms with Crippen LogP contribution in [0.4, 0.5) is 5.69 Å². The number of benzene rings is 2. The Kier molecular flexibility index (Phi) is 10.1. The molecule has 3 N–H and O–H groups in total. The Morgan fingerprint density at radius 1 is 1.00 bits per heavy atom. The summed E-state index contributed by atoms with van der Waals surface area (Å²) in [6.45, 7) is 10.2. The Bertz CT molecular complexity index is 1050. The largest absolute Gasteiger partial charge is 0.490 e. The summed E-state index contributed by atoms with van der Waals surface area (Å²) in [5.74, 6) is -0.837. The number of nitrogens with zero attached hydrogens (tertiary/aromatic N) is 1. The molecule has 0 aliphatic carbocycles. The van der Waals surface area contributed by atoms with E-state index in [4.69, 9.17) is 9.47 Å². The molecule has 34 heavy (non-hydrogen) atoms. The number of hydrazone groups is 1. The number of rotatable bonds is 10. The fourth-order valence-electron chi connectivity index (χ4n) is 2.79. The van der Waals surface area contributed by atoms with Gasteiger partial charge in [-0.05, 0) is 67.6 Å². The van der Waals surface area contributed by atoms with Crippen molar-refractivity contribution in [2.24, 2.45) is 11.0 Å². The maximum absolute atomic E-state index is 12.4. The van der Waals surface area contributed by atoms with Crippen LogP contribution in [0.2, 0.25) is 0 Å². The third-order valence-corrected chi connectivity index (χ3v) is 4.55. The Hall–Kier alpha value is -3.88. The lowest BCUT2D eigenvalue weighted by atomic mass is 10.1. The van der Waals surface area contributed by atoms with Gasteiger partial charge < -0.3 is 20.1 Å². The third-order valence-electron chi connectivity index (χ3n) is 4.55. The highest BCUT2D eigenvalue weighted by atomic mass is 16.5. The molecular formula is C25H32N4O5. The number of carbonyl (C=O) groups is 3. The van der Waals surface area contributed by atoms with Gasteiger partial charge in [0, 0.05) is 12.2 Å². The standard InChI is InChI=1S/C25H32N4O5/c1-6-33-22-12-19(14-27-29-25(32)24(31)26-13-16(2)3)9-10-21(22)34-15-23(30)28-20-11-17(4)7-8-18(20)5/h7-12,14,16H,6,13,15H2,1-5H3,(H,26,31)(H,28,30)(H,29,32)/b27-14-. The number of aryl methyl sites for hydroxylation is 2. The van der Waals surface area contributed by atoms with E-state index in [1.54, 1.807) is 18.2 Å². The van der Waals surface area contributed by atoms with E-state index < -0.39 is 11.8 Å². The van der Waals surface area contributed by atoms with E-state index >= 15 is 0 Å². The molecule has 182 valence electrons. The van der Waals surface area contributed by atoms with E-state index in [1.165, 1.54) is 6.21 Å². The van der Waals surface area contributed by atoms with Crippen molar-refractivity contribution in [3.05, 3.63) is 53.1 Å². The first kappa shape index (κ1) is 26.4. The lowest BCUT2D eigenvalue weighted by molar-refractivity contribution is -0.139. The minimum atomic E-state index is -0.850. The molecule has 0 radical (unpaired) electrons. The second-order valence-electron chi connectivity index (χ2n) is 8.10. The molecule has 9 heteroatoms. The lowest BCUT2D eigenvalue weighted by Gasteiger charge is -2.13. The quantitative estimate of drug-likeness (QED) is 0.282. The molecule has 0 saturated heterocycles. The number of hydrogen-bond acceptors (Lipinski definition) is 6. The van der Waals surface area contributed by atoms with Crippen molar-refractivity contribution in [2.75, 3.05) is 25.1 Å². The van der Waals surface area contributed by atoms with Gasteiger partial charge in [-0.25, -0.2) is 5.43 Å². The normalized spacial score (nSPS) is 10.8. The Morgan fingerprint density at radius 2 is 1.76 bits per heavy atom. The number of amides is 3. The fraction of sp³-hybridized carbons (Fsp3) is 0.360. The van der Waals surface area contributed by atoms with Gasteiger partial charge in [0.2, 0.25) is 0 Å². The van der Waals surface area contributed by atoms with Crippen LogP contribution in [-0.4, -0.2) is 43.7 Å². The summed E-state index contributed by atoms with van der Waals surface area (Å²) in [4.78, 5) is 35.8. The molecule has 0 unspecified atom stereocenters. The zero-order valence-corrected chi connectivity index (χ0v) is 20.2. The van der Waals surface area contributed by atoms with E-state index in [0.29, 0.717) is 30.2 Å². The number of ether oxygens (including phenoxy) is 2. The molecular weight excluding hydrogens is 436 g/mol. The van der Waals surface area contributed by atoms with Crippen LogP contribution in [0.3, 0.4) is 0 Å². The Labute approximate surface area is 199 Å². The summed E-state index contributed by atoms with van der Waals surface area (Å²) in [6.07, 6.45) is 1.38. The molecule has 9 nitrogen and oxygen atoms in total. The maximum atomic E-state index is 12.4. The summed E-state index contributed by atoms with van der Waals surface area (Å²) in [5, 5.41) is 9.17. The molecule has 2 rings (SSSR count). The van der Waals surface area contributed by atoms with E-state index in [-0.39, 0.29) is 18.4 Å². The van der Waals surface area contributed by atoms with Crippen LogP contribution in [0.15, 0.2) is 41.5 Å². The predicted molar refractivity (Wildman–Crippen MR) is 131 cm³/mol. The zero-order chi connectivity index (χ0) is 25.1. The van der Waals surface area contributed by atoms with Gasteiger partial charge >= 0.3 is 11.8 Å². The van der Waals surface area contributed by atoms with Crippen LogP contribution in [0.5, 0.6) is 11.5 Å². The van der Waals surface area contributed by atoms with E-state index in [1.807, 2.05) is 52.8 Å². The number of carbonyl (C=O) groups excluding carboxylic acids is 3. The monoisotopic (exact) mass is 468 g/mol. The Morgan fingerprint density at radius 3 is 2.47 bits per heavy atom. The van der Waals surface area contributed by atoms with Gasteiger partial charge in [-0.1, -0.05) is 26.0 Å². The average molecular weight is 469 g/mol. The number of nitrogens with one attached hydrogen (secondary N) is 3. The van der Waals surface area contributed by atoms with Crippen LogP contribution in [0, 0.1) is 19.8 Å². The van der Waals surface area contributed by atoms with Gasteiger partial charge in [0.15, 0.2) is 18.1 Å².